The molecule has 18 heavy (non-hydrogen) atoms. The summed E-state index contributed by atoms with van der Waals surface area (Å²) in [5, 5.41) is 5.17. The normalized spacial score (nSPS) is 14.8. The summed E-state index contributed by atoms with van der Waals surface area (Å²) in [4.78, 5) is 0. The number of hydrogen-bond acceptors (Lipinski definition) is 3. The van der Waals surface area contributed by atoms with Crippen molar-refractivity contribution >= 4 is 11.6 Å². The Kier molecular flexibility index (Phi) is 6.12. The second-order valence-corrected chi connectivity index (χ2v) is 5.32. The lowest BCUT2D eigenvalue weighted by atomic mass is 9.99. The minimum atomic E-state index is 0.0905. The van der Waals surface area contributed by atoms with E-state index in [-0.39, 0.29) is 6.04 Å². The molecule has 0 aromatic carbocycles. The van der Waals surface area contributed by atoms with Crippen LogP contribution in [0.5, 0.6) is 0 Å². The van der Waals surface area contributed by atoms with Gasteiger partial charge in [0.15, 0.2) is 0 Å². The number of halogens is 1. The van der Waals surface area contributed by atoms with E-state index in [1.807, 2.05) is 11.7 Å². The van der Waals surface area contributed by atoms with E-state index in [2.05, 4.69) is 18.9 Å². The Balaban J connectivity index is 2.64. The van der Waals surface area contributed by atoms with Gasteiger partial charge in [-0.1, -0.05) is 25.4 Å². The van der Waals surface area contributed by atoms with E-state index in [0.717, 1.165) is 42.3 Å². The molecule has 0 aliphatic carbocycles. The predicted molar refractivity (Wildman–Crippen MR) is 74.9 cm³/mol. The first-order chi connectivity index (χ1) is 8.49. The van der Waals surface area contributed by atoms with Crippen LogP contribution in [0.25, 0.3) is 0 Å². The summed E-state index contributed by atoms with van der Waals surface area (Å²) in [6.45, 7) is 4.94. The maximum Gasteiger partial charge on any atom is 0.0850 e. The van der Waals surface area contributed by atoms with Crippen molar-refractivity contribution in [3.8, 4) is 0 Å². The van der Waals surface area contributed by atoms with Crippen LogP contribution < -0.4 is 5.73 Å². The minimum Gasteiger partial charge on any atom is -0.384 e. The average molecular weight is 274 g/mol. The van der Waals surface area contributed by atoms with Gasteiger partial charge in [-0.25, -0.2) is 0 Å². The van der Waals surface area contributed by atoms with Gasteiger partial charge in [0.05, 0.1) is 16.4 Å². The van der Waals surface area contributed by atoms with Crippen LogP contribution in [0.1, 0.15) is 31.7 Å². The van der Waals surface area contributed by atoms with Crippen molar-refractivity contribution in [3.05, 3.63) is 16.4 Å². The highest BCUT2D eigenvalue weighted by atomic mass is 35.5. The molecule has 0 fully saturated rings. The van der Waals surface area contributed by atoms with Gasteiger partial charge in [0.25, 0.3) is 0 Å². The van der Waals surface area contributed by atoms with Crippen LogP contribution >= 0.6 is 11.6 Å². The van der Waals surface area contributed by atoms with Gasteiger partial charge in [-0.15, -0.1) is 0 Å². The summed E-state index contributed by atoms with van der Waals surface area (Å²) >= 11 is 6.31. The molecule has 5 heteroatoms. The SMILES string of the molecule is CCc1nn(C)c(CC(N)CC(C)COC)c1Cl. The monoisotopic (exact) mass is 273 g/mol. The lowest BCUT2D eigenvalue weighted by Crippen LogP contribution is -2.27. The number of ether oxygens (including phenoxy) is 1. The third kappa shape index (κ3) is 3.97. The Labute approximate surface area is 114 Å². The lowest BCUT2D eigenvalue weighted by Gasteiger charge is -2.16. The fraction of sp³-hybridized carbons (Fsp3) is 0.769. The molecule has 0 saturated heterocycles. The van der Waals surface area contributed by atoms with E-state index >= 15 is 0 Å². The van der Waals surface area contributed by atoms with Crippen molar-refractivity contribution in [2.24, 2.45) is 18.7 Å². The van der Waals surface area contributed by atoms with Crippen LogP contribution in [0.3, 0.4) is 0 Å². The van der Waals surface area contributed by atoms with Gasteiger partial charge in [0.2, 0.25) is 0 Å². The largest absolute Gasteiger partial charge is 0.384 e. The first-order valence-corrected chi connectivity index (χ1v) is 6.82. The van der Waals surface area contributed by atoms with Gasteiger partial charge in [0, 0.05) is 33.2 Å². The first-order valence-electron chi connectivity index (χ1n) is 6.44. The maximum atomic E-state index is 6.31. The molecule has 0 aliphatic rings. The zero-order chi connectivity index (χ0) is 13.7. The molecule has 2 N–H and O–H groups in total. The molecule has 2 atom stereocenters. The quantitative estimate of drug-likeness (QED) is 0.828. The standard InChI is InChI=1S/C13H24ClN3O/c1-5-11-13(14)12(17(3)16-11)7-10(15)6-9(2)8-18-4/h9-10H,5-8,15H2,1-4H3. The zero-order valence-corrected chi connectivity index (χ0v) is 12.5. The first kappa shape index (κ1) is 15.5. The Morgan fingerprint density at radius 2 is 2.17 bits per heavy atom. The van der Waals surface area contributed by atoms with E-state index < -0.39 is 0 Å². The Morgan fingerprint density at radius 1 is 1.50 bits per heavy atom. The second-order valence-electron chi connectivity index (χ2n) is 4.94. The summed E-state index contributed by atoms with van der Waals surface area (Å²) in [6.07, 6.45) is 2.54. The Hall–Kier alpha value is -0.580. The van der Waals surface area contributed by atoms with Crippen LogP contribution in [0.15, 0.2) is 0 Å². The fourth-order valence-corrected chi connectivity index (χ4v) is 2.61. The van der Waals surface area contributed by atoms with Gasteiger partial charge in [-0.3, -0.25) is 4.68 Å². The van der Waals surface area contributed by atoms with Crippen LogP contribution in [-0.4, -0.2) is 29.5 Å². The highest BCUT2D eigenvalue weighted by Gasteiger charge is 2.17. The number of methoxy groups -OCH3 is 1. The van der Waals surface area contributed by atoms with E-state index in [4.69, 9.17) is 22.1 Å². The summed E-state index contributed by atoms with van der Waals surface area (Å²) in [6, 6.07) is 0.0905. The van der Waals surface area contributed by atoms with Gasteiger partial charge < -0.3 is 10.5 Å². The molecule has 0 radical (unpaired) electrons. The van der Waals surface area contributed by atoms with Crippen molar-refractivity contribution < 1.29 is 4.74 Å². The molecule has 0 spiro atoms. The van der Waals surface area contributed by atoms with Crippen molar-refractivity contribution in [1.29, 1.82) is 0 Å². The molecular weight excluding hydrogens is 250 g/mol. The van der Waals surface area contributed by atoms with Gasteiger partial charge in [-0.05, 0) is 18.8 Å². The molecule has 1 rings (SSSR count). The third-order valence-electron chi connectivity index (χ3n) is 3.11. The molecule has 1 aromatic heterocycles. The molecule has 0 amide bonds. The molecular formula is C13H24ClN3O. The number of aromatic nitrogens is 2. The predicted octanol–water partition coefficient (Wildman–Crippen LogP) is 2.18. The minimum absolute atomic E-state index is 0.0905. The van der Waals surface area contributed by atoms with E-state index in [0.29, 0.717) is 5.92 Å². The maximum absolute atomic E-state index is 6.31. The highest BCUT2D eigenvalue weighted by molar-refractivity contribution is 6.31. The smallest absolute Gasteiger partial charge is 0.0850 e. The van der Waals surface area contributed by atoms with Crippen LogP contribution in [-0.2, 0) is 24.6 Å². The highest BCUT2D eigenvalue weighted by Crippen LogP contribution is 2.22. The Bertz CT molecular complexity index is 379. The number of nitrogens with zero attached hydrogens (tertiary/aromatic N) is 2. The van der Waals surface area contributed by atoms with Crippen molar-refractivity contribution in [2.45, 2.75) is 39.2 Å². The molecule has 4 nitrogen and oxygen atoms in total. The van der Waals surface area contributed by atoms with Crippen LogP contribution in [0.2, 0.25) is 5.02 Å². The molecule has 0 saturated carbocycles. The summed E-state index contributed by atoms with van der Waals surface area (Å²) in [7, 11) is 3.64. The molecule has 104 valence electrons. The van der Waals surface area contributed by atoms with Gasteiger partial charge in [-0.2, -0.15) is 5.10 Å². The molecule has 0 bridgehead atoms. The topological polar surface area (TPSA) is 53.1 Å². The van der Waals surface area contributed by atoms with Crippen molar-refractivity contribution in [3.63, 3.8) is 0 Å². The number of aryl methyl sites for hydroxylation is 2. The lowest BCUT2D eigenvalue weighted by molar-refractivity contribution is 0.152. The van der Waals surface area contributed by atoms with E-state index in [9.17, 15) is 0 Å². The number of rotatable bonds is 7. The Morgan fingerprint density at radius 3 is 2.67 bits per heavy atom. The third-order valence-corrected chi connectivity index (χ3v) is 3.55. The average Bonchev–Trinajstić information content (AvgIpc) is 2.56. The molecule has 0 aliphatic heterocycles. The van der Waals surface area contributed by atoms with Crippen LogP contribution in [0.4, 0.5) is 0 Å². The molecule has 1 heterocycles. The van der Waals surface area contributed by atoms with Gasteiger partial charge in [0.1, 0.15) is 0 Å². The fourth-order valence-electron chi connectivity index (χ4n) is 2.24. The second kappa shape index (κ2) is 7.12. The summed E-state index contributed by atoms with van der Waals surface area (Å²) in [5.74, 6) is 0.461. The summed E-state index contributed by atoms with van der Waals surface area (Å²) in [5.41, 5.74) is 8.15. The number of hydrogen-bond donors (Lipinski definition) is 1. The van der Waals surface area contributed by atoms with E-state index in [1.54, 1.807) is 7.11 Å². The molecule has 1 aromatic rings. The number of nitrogens with two attached hydrogens (primary N) is 1. The zero-order valence-electron chi connectivity index (χ0n) is 11.7. The van der Waals surface area contributed by atoms with Crippen molar-refractivity contribution in [1.82, 2.24) is 9.78 Å². The van der Waals surface area contributed by atoms with E-state index in [1.165, 1.54) is 0 Å². The summed E-state index contributed by atoms with van der Waals surface area (Å²) < 4.78 is 6.97. The van der Waals surface area contributed by atoms with Crippen LogP contribution in [0, 0.1) is 5.92 Å². The van der Waals surface area contributed by atoms with Gasteiger partial charge >= 0.3 is 0 Å². The molecule has 2 unspecified atom stereocenters. The van der Waals surface area contributed by atoms with Crippen molar-refractivity contribution in [2.75, 3.05) is 13.7 Å².